The maximum Gasteiger partial charge on any atom is 0.301 e. The zero-order chi connectivity index (χ0) is 31.5. The van der Waals surface area contributed by atoms with Gasteiger partial charge in [-0.2, -0.15) is 0 Å². The zero-order valence-electron chi connectivity index (χ0n) is 24.9. The Bertz CT molecular complexity index is 1770. The third-order valence-corrected chi connectivity index (χ3v) is 10.2. The molecular formula is C34H32ClN3O5S2. The monoisotopic (exact) mass is 661 g/mol. The van der Waals surface area contributed by atoms with E-state index in [-0.39, 0.29) is 22.6 Å². The first-order chi connectivity index (χ1) is 21.8. The molecule has 0 radical (unpaired) electrons. The second-order valence-corrected chi connectivity index (χ2v) is 13.6. The van der Waals surface area contributed by atoms with Gasteiger partial charge in [-0.25, -0.2) is 0 Å². The van der Waals surface area contributed by atoms with Gasteiger partial charge in [-0.15, -0.1) is 10.2 Å². The fourth-order valence-electron chi connectivity index (χ4n) is 5.50. The van der Waals surface area contributed by atoms with Crippen LogP contribution in [0.2, 0.25) is 5.02 Å². The van der Waals surface area contributed by atoms with E-state index in [4.69, 9.17) is 21.1 Å². The third-order valence-electron chi connectivity index (χ3n) is 7.72. The van der Waals surface area contributed by atoms with Gasteiger partial charge in [0.05, 0.1) is 18.2 Å². The number of carbonyl (C=O) groups excluding carboxylic acids is 2. The fourth-order valence-corrected chi connectivity index (χ4v) is 7.65. The number of amides is 1. The van der Waals surface area contributed by atoms with Gasteiger partial charge >= 0.3 is 5.91 Å². The van der Waals surface area contributed by atoms with E-state index in [1.807, 2.05) is 61.5 Å². The van der Waals surface area contributed by atoms with Gasteiger partial charge in [0.2, 0.25) is 5.13 Å². The lowest BCUT2D eigenvalue weighted by Gasteiger charge is -2.23. The molecule has 1 fully saturated rings. The Morgan fingerprint density at radius 2 is 1.96 bits per heavy atom. The van der Waals surface area contributed by atoms with Crippen molar-refractivity contribution in [3.8, 4) is 11.5 Å². The standard InChI is InChI=1S/C34H32ClN3O5S2/c1-3-4-7-15-42-25-11-8-10-21(18-25)29-28(30(39)22-13-14-27-24(17-22)16-20(2)43-27)31(40)32(41)38(29)33-36-37-34(45-33)44-19-23-9-5-6-12-26(23)35/h5-6,8-14,17-18,20,29,39H,3-4,7,15-16,19H2,1-2H3/b30-28-. The van der Waals surface area contributed by atoms with Gasteiger partial charge in [-0.3, -0.25) is 14.5 Å². The normalized spacial score (nSPS) is 18.7. The van der Waals surface area contributed by atoms with Crippen molar-refractivity contribution in [1.82, 2.24) is 10.2 Å². The maximum absolute atomic E-state index is 13.7. The Morgan fingerprint density at radius 1 is 1.11 bits per heavy atom. The van der Waals surface area contributed by atoms with E-state index in [1.165, 1.54) is 28.0 Å². The average Bonchev–Trinajstić information content (AvgIpc) is 3.73. The third kappa shape index (κ3) is 6.59. The lowest BCUT2D eigenvalue weighted by Crippen LogP contribution is -2.29. The quantitative estimate of drug-likeness (QED) is 0.0431. The number of unbranched alkanes of at least 4 members (excludes halogenated alkanes) is 2. The second-order valence-electron chi connectivity index (χ2n) is 11.0. The highest BCUT2D eigenvalue weighted by molar-refractivity contribution is 8.00. The number of ether oxygens (including phenoxy) is 2. The molecule has 4 aromatic rings. The highest BCUT2D eigenvalue weighted by Crippen LogP contribution is 2.45. The zero-order valence-corrected chi connectivity index (χ0v) is 27.3. The number of halogens is 1. The SMILES string of the molecule is CCCCCOc1cccc(C2/C(=C(/O)c3ccc4c(c3)CC(C)O4)C(=O)C(=O)N2c2nnc(SCc3ccccc3Cl)s2)c1. The number of carbonyl (C=O) groups is 2. The summed E-state index contributed by atoms with van der Waals surface area (Å²) in [7, 11) is 0. The summed E-state index contributed by atoms with van der Waals surface area (Å²) in [5, 5.41) is 21.2. The van der Waals surface area contributed by atoms with Crippen LogP contribution in [0, 0.1) is 0 Å². The number of hydrogen-bond acceptors (Lipinski definition) is 9. The number of thioether (sulfide) groups is 1. The Kier molecular flexibility index (Phi) is 9.44. The number of aliphatic hydroxyl groups excluding tert-OH is 1. The average molecular weight is 662 g/mol. The number of aromatic nitrogens is 2. The molecule has 11 heteroatoms. The molecule has 3 heterocycles. The molecule has 232 valence electrons. The van der Waals surface area contributed by atoms with Crippen molar-refractivity contribution in [2.24, 2.45) is 0 Å². The maximum atomic E-state index is 13.7. The van der Waals surface area contributed by atoms with E-state index >= 15 is 0 Å². The summed E-state index contributed by atoms with van der Waals surface area (Å²) in [4.78, 5) is 28.8. The molecule has 0 saturated carbocycles. The molecule has 1 aromatic heterocycles. The summed E-state index contributed by atoms with van der Waals surface area (Å²) in [6.07, 6.45) is 3.75. The predicted molar refractivity (Wildman–Crippen MR) is 177 cm³/mol. The molecule has 2 aliphatic rings. The Morgan fingerprint density at radius 3 is 2.78 bits per heavy atom. The topological polar surface area (TPSA) is 102 Å². The minimum Gasteiger partial charge on any atom is -0.507 e. The van der Waals surface area contributed by atoms with Crippen LogP contribution in [0.15, 0.2) is 76.6 Å². The summed E-state index contributed by atoms with van der Waals surface area (Å²) in [5.74, 6) is 0.0976. The molecule has 6 rings (SSSR count). The first kappa shape index (κ1) is 31.1. The van der Waals surface area contributed by atoms with Gasteiger partial charge in [-0.05, 0) is 66.4 Å². The molecule has 8 nitrogen and oxygen atoms in total. The number of Topliss-reactive ketones (excluding diaryl/α,β-unsaturated/α-hetero) is 1. The summed E-state index contributed by atoms with van der Waals surface area (Å²) in [5.41, 5.74) is 2.92. The molecule has 3 aromatic carbocycles. The molecule has 0 spiro atoms. The van der Waals surface area contributed by atoms with Crippen LogP contribution < -0.4 is 14.4 Å². The van der Waals surface area contributed by atoms with Crippen molar-refractivity contribution in [3.05, 3.63) is 99.6 Å². The van der Waals surface area contributed by atoms with E-state index in [1.54, 1.807) is 12.1 Å². The number of aliphatic hydroxyl groups is 1. The minimum absolute atomic E-state index is 0.0180. The lowest BCUT2D eigenvalue weighted by atomic mass is 9.94. The first-order valence-electron chi connectivity index (χ1n) is 14.9. The van der Waals surface area contributed by atoms with Crippen LogP contribution in [0.3, 0.4) is 0 Å². The number of benzene rings is 3. The molecule has 1 amide bonds. The van der Waals surface area contributed by atoms with Gasteiger partial charge in [0, 0.05) is 22.8 Å². The number of fused-ring (bicyclic) bond motifs is 1. The van der Waals surface area contributed by atoms with Crippen LogP contribution in [-0.4, -0.2) is 39.7 Å². The Balaban J connectivity index is 1.38. The Hall–Kier alpha value is -3.86. The highest BCUT2D eigenvalue weighted by Gasteiger charge is 2.48. The van der Waals surface area contributed by atoms with Gasteiger partial charge in [0.15, 0.2) is 4.34 Å². The minimum atomic E-state index is -0.943. The van der Waals surface area contributed by atoms with Crippen molar-refractivity contribution in [1.29, 1.82) is 0 Å². The molecule has 0 aliphatic carbocycles. The largest absolute Gasteiger partial charge is 0.507 e. The van der Waals surface area contributed by atoms with Crippen LogP contribution in [0.4, 0.5) is 5.13 Å². The first-order valence-corrected chi connectivity index (χ1v) is 17.1. The van der Waals surface area contributed by atoms with Gasteiger partial charge < -0.3 is 14.6 Å². The number of nitrogens with zero attached hydrogens (tertiary/aromatic N) is 3. The second kappa shape index (κ2) is 13.6. The van der Waals surface area contributed by atoms with Crippen LogP contribution in [-0.2, 0) is 21.8 Å². The van der Waals surface area contributed by atoms with Crippen LogP contribution in [0.25, 0.3) is 5.76 Å². The van der Waals surface area contributed by atoms with Crippen LogP contribution >= 0.6 is 34.7 Å². The number of hydrogen-bond donors (Lipinski definition) is 1. The summed E-state index contributed by atoms with van der Waals surface area (Å²) in [6, 6.07) is 19.2. The van der Waals surface area contributed by atoms with E-state index in [9.17, 15) is 14.7 Å². The molecule has 2 atom stereocenters. The fraction of sp³-hybridized carbons (Fsp3) is 0.294. The predicted octanol–water partition coefficient (Wildman–Crippen LogP) is 8.00. The molecular weight excluding hydrogens is 630 g/mol. The number of anilines is 1. The molecule has 45 heavy (non-hydrogen) atoms. The van der Waals surface area contributed by atoms with Gasteiger partial charge in [-0.1, -0.05) is 84.8 Å². The van der Waals surface area contributed by atoms with Gasteiger partial charge in [0.25, 0.3) is 5.78 Å². The molecule has 0 bridgehead atoms. The molecule has 1 saturated heterocycles. The van der Waals surface area contributed by atoms with E-state index in [0.29, 0.717) is 45.0 Å². The van der Waals surface area contributed by atoms with Crippen molar-refractivity contribution < 1.29 is 24.2 Å². The van der Waals surface area contributed by atoms with Crippen LogP contribution in [0.1, 0.15) is 61.4 Å². The van der Waals surface area contributed by atoms with Crippen molar-refractivity contribution in [2.45, 2.75) is 61.8 Å². The summed E-state index contributed by atoms with van der Waals surface area (Å²) in [6.45, 7) is 4.66. The molecule has 1 N–H and O–H groups in total. The molecule has 2 unspecified atom stereocenters. The Labute approximate surface area is 275 Å². The summed E-state index contributed by atoms with van der Waals surface area (Å²) < 4.78 is 12.5. The lowest BCUT2D eigenvalue weighted by molar-refractivity contribution is -0.132. The molecule has 2 aliphatic heterocycles. The smallest absolute Gasteiger partial charge is 0.301 e. The summed E-state index contributed by atoms with van der Waals surface area (Å²) >= 11 is 8.98. The van der Waals surface area contributed by atoms with Crippen molar-refractivity contribution in [3.63, 3.8) is 0 Å². The van der Waals surface area contributed by atoms with Crippen LogP contribution in [0.5, 0.6) is 11.5 Å². The van der Waals surface area contributed by atoms with E-state index in [2.05, 4.69) is 17.1 Å². The van der Waals surface area contributed by atoms with Crippen molar-refractivity contribution >= 4 is 57.3 Å². The van der Waals surface area contributed by atoms with Crippen molar-refractivity contribution in [2.75, 3.05) is 11.5 Å². The van der Waals surface area contributed by atoms with E-state index < -0.39 is 17.7 Å². The number of rotatable bonds is 11. The van der Waals surface area contributed by atoms with Gasteiger partial charge in [0.1, 0.15) is 23.4 Å². The van der Waals surface area contributed by atoms with E-state index in [0.717, 1.165) is 36.1 Å². The highest BCUT2D eigenvalue weighted by atomic mass is 35.5. The number of ketones is 1.